The number of halogens is 1. The van der Waals surface area contributed by atoms with E-state index < -0.39 is 24.0 Å². The molecule has 0 aliphatic carbocycles. The zero-order valence-electron chi connectivity index (χ0n) is 15.1. The van der Waals surface area contributed by atoms with E-state index in [9.17, 15) is 14.4 Å². The van der Waals surface area contributed by atoms with E-state index in [0.717, 1.165) is 0 Å². The molecule has 142 valence electrons. The molecular formula is C17H21ClN2O6. The third kappa shape index (κ3) is 5.26. The van der Waals surface area contributed by atoms with Crippen LogP contribution in [-0.2, 0) is 14.3 Å². The number of nitrogens with zero attached hydrogens (tertiary/aromatic N) is 1. The number of benzene rings is 1. The van der Waals surface area contributed by atoms with E-state index in [0.29, 0.717) is 11.5 Å². The Morgan fingerprint density at radius 1 is 1.27 bits per heavy atom. The minimum atomic E-state index is -0.730. The standard InChI is InChI=1S/C17H21ClN2O6/c1-17(2,3)19-13(21)7-20(4)14(22)8-24-16(23)10-5-11(18)15-12(6-10)25-9-26-15/h5-6H,7-9H2,1-4H3,(H,19,21). The summed E-state index contributed by atoms with van der Waals surface area (Å²) in [6.45, 7) is 4.90. The third-order valence-electron chi connectivity index (χ3n) is 3.31. The van der Waals surface area contributed by atoms with Crippen LogP contribution in [0.5, 0.6) is 11.5 Å². The van der Waals surface area contributed by atoms with Gasteiger partial charge in [-0.15, -0.1) is 0 Å². The van der Waals surface area contributed by atoms with E-state index in [-0.39, 0.29) is 29.8 Å². The molecule has 1 aliphatic heterocycles. The summed E-state index contributed by atoms with van der Waals surface area (Å²) in [7, 11) is 1.45. The van der Waals surface area contributed by atoms with Gasteiger partial charge in [-0.3, -0.25) is 9.59 Å². The van der Waals surface area contributed by atoms with E-state index in [4.69, 9.17) is 25.8 Å². The van der Waals surface area contributed by atoms with E-state index in [1.54, 1.807) is 0 Å². The zero-order valence-corrected chi connectivity index (χ0v) is 15.8. The first-order chi connectivity index (χ1) is 12.1. The van der Waals surface area contributed by atoms with Crippen molar-refractivity contribution >= 4 is 29.4 Å². The van der Waals surface area contributed by atoms with E-state index in [1.165, 1.54) is 24.1 Å². The van der Waals surface area contributed by atoms with Crippen LogP contribution in [0, 0.1) is 0 Å². The van der Waals surface area contributed by atoms with Crippen molar-refractivity contribution in [3.63, 3.8) is 0 Å². The summed E-state index contributed by atoms with van der Waals surface area (Å²) >= 11 is 6.01. The first-order valence-electron chi connectivity index (χ1n) is 7.88. The fourth-order valence-electron chi connectivity index (χ4n) is 2.17. The third-order valence-corrected chi connectivity index (χ3v) is 3.59. The highest BCUT2D eigenvalue weighted by molar-refractivity contribution is 6.32. The zero-order chi connectivity index (χ0) is 19.5. The largest absolute Gasteiger partial charge is 0.454 e. The van der Waals surface area contributed by atoms with Gasteiger partial charge in [-0.05, 0) is 32.9 Å². The van der Waals surface area contributed by atoms with Gasteiger partial charge in [-0.1, -0.05) is 11.6 Å². The highest BCUT2D eigenvalue weighted by Gasteiger charge is 2.23. The van der Waals surface area contributed by atoms with Crippen LogP contribution in [0.1, 0.15) is 31.1 Å². The van der Waals surface area contributed by atoms with Gasteiger partial charge in [0.2, 0.25) is 12.7 Å². The molecule has 26 heavy (non-hydrogen) atoms. The molecule has 9 heteroatoms. The van der Waals surface area contributed by atoms with Gasteiger partial charge in [0.1, 0.15) is 0 Å². The summed E-state index contributed by atoms with van der Waals surface area (Å²) in [5.41, 5.74) is -0.258. The highest BCUT2D eigenvalue weighted by atomic mass is 35.5. The first kappa shape index (κ1) is 19.8. The molecule has 0 radical (unpaired) electrons. The summed E-state index contributed by atoms with van der Waals surface area (Å²) in [4.78, 5) is 37.1. The van der Waals surface area contributed by atoms with Gasteiger partial charge in [-0.2, -0.15) is 0 Å². The van der Waals surface area contributed by atoms with Gasteiger partial charge in [0.05, 0.1) is 17.1 Å². The minimum Gasteiger partial charge on any atom is -0.454 e. The number of carbonyl (C=O) groups is 3. The van der Waals surface area contributed by atoms with Crippen molar-refractivity contribution in [2.45, 2.75) is 26.3 Å². The molecule has 0 unspecified atom stereocenters. The molecule has 1 aliphatic rings. The number of ether oxygens (including phenoxy) is 3. The summed E-state index contributed by atoms with van der Waals surface area (Å²) < 4.78 is 15.3. The van der Waals surface area contributed by atoms with Gasteiger partial charge >= 0.3 is 5.97 Å². The van der Waals surface area contributed by atoms with Crippen LogP contribution < -0.4 is 14.8 Å². The molecule has 0 aromatic heterocycles. The van der Waals surface area contributed by atoms with Crippen LogP contribution in [0.2, 0.25) is 5.02 Å². The number of hydrogen-bond acceptors (Lipinski definition) is 6. The van der Waals surface area contributed by atoms with E-state index >= 15 is 0 Å². The number of carbonyl (C=O) groups excluding carboxylic acids is 3. The average molecular weight is 385 g/mol. The van der Waals surface area contributed by atoms with Gasteiger partial charge < -0.3 is 24.4 Å². The van der Waals surface area contributed by atoms with Crippen molar-refractivity contribution in [1.82, 2.24) is 10.2 Å². The number of likely N-dealkylation sites (N-methyl/N-ethyl adjacent to an activating group) is 1. The Balaban J connectivity index is 1.88. The molecule has 2 amide bonds. The summed E-state index contributed by atoms with van der Waals surface area (Å²) in [6.07, 6.45) is 0. The van der Waals surface area contributed by atoms with Gasteiger partial charge in [0.15, 0.2) is 18.1 Å². The van der Waals surface area contributed by atoms with Crippen LogP contribution in [0.15, 0.2) is 12.1 Å². The number of rotatable bonds is 5. The SMILES string of the molecule is CN(CC(=O)NC(C)(C)C)C(=O)COC(=O)c1cc(Cl)c2c(c1)OCO2. The van der Waals surface area contributed by atoms with Crippen LogP contribution in [0.3, 0.4) is 0 Å². The normalized spacial score (nSPS) is 12.5. The van der Waals surface area contributed by atoms with Crippen molar-refractivity contribution in [2.75, 3.05) is 27.0 Å². The quantitative estimate of drug-likeness (QED) is 0.775. The number of amides is 2. The average Bonchev–Trinajstić information content (AvgIpc) is 2.99. The Morgan fingerprint density at radius 3 is 2.62 bits per heavy atom. The van der Waals surface area contributed by atoms with Crippen molar-refractivity contribution in [3.8, 4) is 11.5 Å². The van der Waals surface area contributed by atoms with Crippen LogP contribution >= 0.6 is 11.6 Å². The lowest BCUT2D eigenvalue weighted by Gasteiger charge is -2.23. The molecule has 0 bridgehead atoms. The maximum Gasteiger partial charge on any atom is 0.338 e. The maximum atomic E-state index is 12.1. The molecule has 0 fully saturated rings. The summed E-state index contributed by atoms with van der Waals surface area (Å²) in [5.74, 6) is -0.835. The Kier molecular flexibility index (Phi) is 5.97. The first-order valence-corrected chi connectivity index (χ1v) is 8.26. The van der Waals surface area contributed by atoms with Crippen LogP contribution in [0.25, 0.3) is 0 Å². The topological polar surface area (TPSA) is 94.2 Å². The highest BCUT2D eigenvalue weighted by Crippen LogP contribution is 2.39. The Hall–Kier alpha value is -2.48. The molecule has 0 spiro atoms. The molecule has 1 aromatic carbocycles. The smallest absolute Gasteiger partial charge is 0.338 e. The maximum absolute atomic E-state index is 12.1. The van der Waals surface area contributed by atoms with Gasteiger partial charge in [0.25, 0.3) is 5.91 Å². The molecule has 8 nitrogen and oxygen atoms in total. The van der Waals surface area contributed by atoms with Crippen LogP contribution in [0.4, 0.5) is 0 Å². The second-order valence-corrected chi connectivity index (χ2v) is 7.22. The molecule has 2 rings (SSSR count). The van der Waals surface area contributed by atoms with E-state index in [2.05, 4.69) is 5.32 Å². The molecule has 0 saturated heterocycles. The minimum absolute atomic E-state index is 0.0213. The van der Waals surface area contributed by atoms with Crippen molar-refractivity contribution < 1.29 is 28.6 Å². The van der Waals surface area contributed by atoms with Crippen molar-refractivity contribution in [2.24, 2.45) is 0 Å². The van der Waals surface area contributed by atoms with Gasteiger partial charge in [0, 0.05) is 12.6 Å². The second kappa shape index (κ2) is 7.82. The van der Waals surface area contributed by atoms with E-state index in [1.807, 2.05) is 20.8 Å². The molecule has 0 atom stereocenters. The molecule has 1 aromatic rings. The monoisotopic (exact) mass is 384 g/mol. The number of esters is 1. The van der Waals surface area contributed by atoms with Gasteiger partial charge in [-0.25, -0.2) is 4.79 Å². The lowest BCUT2D eigenvalue weighted by atomic mass is 10.1. The molecule has 1 N–H and O–H groups in total. The Morgan fingerprint density at radius 2 is 1.96 bits per heavy atom. The summed E-state index contributed by atoms with van der Waals surface area (Å²) in [5, 5.41) is 2.96. The van der Waals surface area contributed by atoms with Crippen molar-refractivity contribution in [3.05, 3.63) is 22.7 Å². The van der Waals surface area contributed by atoms with Crippen LogP contribution in [-0.4, -0.2) is 55.2 Å². The predicted octanol–water partition coefficient (Wildman–Crippen LogP) is 1.60. The lowest BCUT2D eigenvalue weighted by molar-refractivity contribution is -0.137. The fourth-order valence-corrected chi connectivity index (χ4v) is 2.43. The number of hydrogen-bond donors (Lipinski definition) is 1. The second-order valence-electron chi connectivity index (χ2n) is 6.82. The molecular weight excluding hydrogens is 364 g/mol. The molecule has 1 heterocycles. The Bertz CT molecular complexity index is 729. The number of fused-ring (bicyclic) bond motifs is 1. The summed E-state index contributed by atoms with van der Waals surface area (Å²) in [6, 6.07) is 2.81. The predicted molar refractivity (Wildman–Crippen MR) is 93.4 cm³/mol. The fraction of sp³-hybridized carbons (Fsp3) is 0.471. The lowest BCUT2D eigenvalue weighted by Crippen LogP contribution is -2.46. The van der Waals surface area contributed by atoms with Crippen molar-refractivity contribution in [1.29, 1.82) is 0 Å². The number of nitrogens with one attached hydrogen (secondary N) is 1. The Labute approximate surface area is 156 Å². The molecule has 0 saturated carbocycles.